The van der Waals surface area contributed by atoms with Gasteiger partial charge < -0.3 is 10.1 Å². The Morgan fingerprint density at radius 3 is 2.32 bits per heavy atom. The molecule has 0 aliphatic carbocycles. The number of sulfone groups is 1. The summed E-state index contributed by atoms with van der Waals surface area (Å²) in [5.41, 5.74) is 2.17. The summed E-state index contributed by atoms with van der Waals surface area (Å²) in [5, 5.41) is 9.22. The number of halogens is 1. The summed E-state index contributed by atoms with van der Waals surface area (Å²) in [6.07, 6.45) is 1.62. The number of hydrogen-bond acceptors (Lipinski definition) is 4. The van der Waals surface area contributed by atoms with Crippen molar-refractivity contribution in [2.75, 3.05) is 0 Å². The first-order chi connectivity index (χ1) is 11.3. The minimum Gasteiger partial charge on any atom is -0.477 e. The van der Waals surface area contributed by atoms with Gasteiger partial charge in [-0.2, -0.15) is 0 Å². The van der Waals surface area contributed by atoms with E-state index in [4.69, 9.17) is 5.11 Å². The zero-order valence-corrected chi connectivity index (χ0v) is 15.2. The smallest absolute Gasteiger partial charge is 0.352 e. The predicted molar refractivity (Wildman–Crippen MR) is 98.1 cm³/mol. The van der Waals surface area contributed by atoms with E-state index < -0.39 is 21.1 Å². The van der Waals surface area contributed by atoms with Crippen molar-refractivity contribution in [3.05, 3.63) is 48.3 Å². The Balaban J connectivity index is 0.00000225. The lowest BCUT2D eigenvalue weighted by molar-refractivity contribution is 0.0691. The fraction of sp³-hybridized carbons (Fsp3) is 0.176. The van der Waals surface area contributed by atoms with Crippen LogP contribution in [0.1, 0.15) is 24.3 Å². The summed E-state index contributed by atoms with van der Waals surface area (Å²) in [6.45, 7) is 3.29. The second-order valence-electron chi connectivity index (χ2n) is 5.77. The van der Waals surface area contributed by atoms with Gasteiger partial charge in [0.05, 0.1) is 10.1 Å². The van der Waals surface area contributed by atoms with Crippen LogP contribution in [0.4, 0.5) is 0 Å². The van der Waals surface area contributed by atoms with Crippen LogP contribution >= 0.6 is 12.4 Å². The molecular weight excluding hydrogens is 364 g/mol. The topological polar surface area (TPSA) is 100 Å². The average Bonchev–Trinajstić information content (AvgIpc) is 2.98. The number of benzene rings is 1. The molecule has 6 nitrogen and oxygen atoms in total. The number of carbonyl (C=O) groups is 1. The Morgan fingerprint density at radius 1 is 1.12 bits per heavy atom. The van der Waals surface area contributed by atoms with Crippen molar-refractivity contribution in [2.45, 2.75) is 24.0 Å². The number of nitrogens with zero attached hydrogens (tertiary/aromatic N) is 1. The van der Waals surface area contributed by atoms with Crippen LogP contribution in [0.2, 0.25) is 0 Å². The lowest BCUT2D eigenvalue weighted by Crippen LogP contribution is -2.13. The predicted octanol–water partition coefficient (Wildman–Crippen LogP) is 3.53. The summed E-state index contributed by atoms with van der Waals surface area (Å²) in [5.74, 6) is -1.04. The van der Waals surface area contributed by atoms with E-state index in [9.17, 15) is 13.2 Å². The number of fused-ring (bicyclic) bond motifs is 1. The number of rotatable bonds is 4. The van der Waals surface area contributed by atoms with Gasteiger partial charge in [-0.25, -0.2) is 18.2 Å². The monoisotopic (exact) mass is 380 g/mol. The molecule has 0 saturated heterocycles. The summed E-state index contributed by atoms with van der Waals surface area (Å²) >= 11 is 0. The highest BCUT2D eigenvalue weighted by atomic mass is 35.5. The maximum absolute atomic E-state index is 12.1. The molecule has 0 saturated carbocycles. The normalized spacial score (nSPS) is 11.5. The molecule has 132 valence electrons. The first kappa shape index (κ1) is 19.0. The standard InChI is InChI=1S/C17H16N2O4S.ClH/c1-10(2)24(22,23)14-5-3-11(4-6-14)13-7-12-8-15(17(20)21)19-16(12)18-9-13;/h3-10H,1-2H3,(H,18,19)(H,20,21);1H. The SMILES string of the molecule is CC(C)S(=O)(=O)c1ccc(-c2cnc3[nH]c(C(=O)O)cc3c2)cc1.Cl. The third kappa shape index (κ3) is 3.52. The third-order valence-electron chi connectivity index (χ3n) is 3.84. The summed E-state index contributed by atoms with van der Waals surface area (Å²) < 4.78 is 24.3. The molecule has 8 heteroatoms. The molecule has 2 heterocycles. The largest absolute Gasteiger partial charge is 0.477 e. The van der Waals surface area contributed by atoms with Gasteiger partial charge in [0.25, 0.3) is 0 Å². The molecule has 0 spiro atoms. The number of aromatic carboxylic acids is 1. The maximum Gasteiger partial charge on any atom is 0.352 e. The molecule has 25 heavy (non-hydrogen) atoms. The molecule has 0 bridgehead atoms. The molecule has 0 amide bonds. The number of pyridine rings is 1. The highest BCUT2D eigenvalue weighted by Gasteiger charge is 2.18. The molecule has 0 unspecified atom stereocenters. The van der Waals surface area contributed by atoms with Crippen molar-refractivity contribution >= 4 is 39.2 Å². The van der Waals surface area contributed by atoms with Gasteiger partial charge in [-0.15, -0.1) is 12.4 Å². The maximum atomic E-state index is 12.1. The lowest BCUT2D eigenvalue weighted by Gasteiger charge is -2.08. The van der Waals surface area contributed by atoms with Gasteiger partial charge in [-0.05, 0) is 43.7 Å². The lowest BCUT2D eigenvalue weighted by atomic mass is 10.1. The summed E-state index contributed by atoms with van der Waals surface area (Å²) in [4.78, 5) is 18.2. The molecule has 2 N–H and O–H groups in total. The van der Waals surface area contributed by atoms with Gasteiger partial charge >= 0.3 is 5.97 Å². The fourth-order valence-corrected chi connectivity index (χ4v) is 3.46. The van der Waals surface area contributed by atoms with Gasteiger partial charge in [-0.3, -0.25) is 0 Å². The third-order valence-corrected chi connectivity index (χ3v) is 6.01. The van der Waals surface area contributed by atoms with E-state index in [1.807, 2.05) is 6.07 Å². The number of hydrogen-bond donors (Lipinski definition) is 2. The van der Waals surface area contributed by atoms with Crippen LogP contribution in [0.5, 0.6) is 0 Å². The second-order valence-corrected chi connectivity index (χ2v) is 8.27. The van der Waals surface area contributed by atoms with Crippen LogP contribution in [0, 0.1) is 0 Å². The molecule has 3 rings (SSSR count). The van der Waals surface area contributed by atoms with Gasteiger partial charge in [0, 0.05) is 17.1 Å². The molecule has 0 aliphatic rings. The highest BCUT2D eigenvalue weighted by molar-refractivity contribution is 7.92. The quantitative estimate of drug-likeness (QED) is 0.721. The van der Waals surface area contributed by atoms with E-state index in [0.29, 0.717) is 11.0 Å². The van der Waals surface area contributed by atoms with E-state index in [1.54, 1.807) is 44.3 Å². The minimum absolute atomic E-state index is 0. The molecule has 0 fully saturated rings. The van der Waals surface area contributed by atoms with Gasteiger partial charge in [0.15, 0.2) is 9.84 Å². The zero-order chi connectivity index (χ0) is 17.5. The second kappa shape index (κ2) is 6.85. The molecule has 0 atom stereocenters. The Morgan fingerprint density at radius 2 is 1.76 bits per heavy atom. The summed E-state index contributed by atoms with van der Waals surface area (Å²) in [7, 11) is -3.30. The molecule has 2 aromatic heterocycles. The van der Waals surface area contributed by atoms with E-state index in [2.05, 4.69) is 9.97 Å². The Bertz CT molecular complexity index is 1020. The first-order valence-electron chi connectivity index (χ1n) is 7.35. The van der Waals surface area contributed by atoms with E-state index in [-0.39, 0.29) is 23.0 Å². The van der Waals surface area contributed by atoms with Gasteiger partial charge in [0.2, 0.25) is 0 Å². The van der Waals surface area contributed by atoms with Crippen LogP contribution in [-0.4, -0.2) is 34.7 Å². The zero-order valence-electron chi connectivity index (χ0n) is 13.6. The number of carboxylic acids is 1. The summed E-state index contributed by atoms with van der Waals surface area (Å²) in [6, 6.07) is 9.94. The molecule has 0 radical (unpaired) electrons. The van der Waals surface area contributed by atoms with Crippen LogP contribution in [0.25, 0.3) is 22.2 Å². The Labute approximate surface area is 151 Å². The van der Waals surface area contributed by atoms with Crippen LogP contribution in [0.3, 0.4) is 0 Å². The molecule has 3 aromatic rings. The van der Waals surface area contributed by atoms with Gasteiger partial charge in [0.1, 0.15) is 11.3 Å². The van der Waals surface area contributed by atoms with Crippen molar-refractivity contribution in [1.82, 2.24) is 9.97 Å². The van der Waals surface area contributed by atoms with Crippen LogP contribution < -0.4 is 0 Å². The van der Waals surface area contributed by atoms with E-state index >= 15 is 0 Å². The minimum atomic E-state index is -3.30. The van der Waals surface area contributed by atoms with Crippen LogP contribution in [-0.2, 0) is 9.84 Å². The van der Waals surface area contributed by atoms with Crippen molar-refractivity contribution < 1.29 is 18.3 Å². The number of nitrogens with one attached hydrogen (secondary N) is 1. The molecule has 1 aromatic carbocycles. The van der Waals surface area contributed by atoms with E-state index in [0.717, 1.165) is 11.1 Å². The van der Waals surface area contributed by atoms with Crippen molar-refractivity contribution in [3.8, 4) is 11.1 Å². The number of carboxylic acid groups (broad SMARTS) is 1. The average molecular weight is 381 g/mol. The Hall–Kier alpha value is -2.38. The van der Waals surface area contributed by atoms with Crippen molar-refractivity contribution in [3.63, 3.8) is 0 Å². The van der Waals surface area contributed by atoms with Gasteiger partial charge in [-0.1, -0.05) is 12.1 Å². The first-order valence-corrected chi connectivity index (χ1v) is 8.90. The molecule has 0 aliphatic heterocycles. The highest BCUT2D eigenvalue weighted by Crippen LogP contribution is 2.25. The van der Waals surface area contributed by atoms with Crippen LogP contribution in [0.15, 0.2) is 47.5 Å². The number of H-pyrrole nitrogens is 1. The Kier molecular flexibility index (Phi) is 5.20. The van der Waals surface area contributed by atoms with Crippen molar-refractivity contribution in [1.29, 1.82) is 0 Å². The number of aromatic nitrogens is 2. The molecular formula is C17H17ClN2O4S. The number of aromatic amines is 1. The fourth-order valence-electron chi connectivity index (χ4n) is 2.40. The van der Waals surface area contributed by atoms with Crippen molar-refractivity contribution in [2.24, 2.45) is 0 Å². The van der Waals surface area contributed by atoms with E-state index in [1.165, 1.54) is 6.07 Å².